The number of allylic oxidation sites excluding steroid dienone is 1. The van der Waals surface area contributed by atoms with Crippen molar-refractivity contribution >= 4 is 23.5 Å². The Labute approximate surface area is 232 Å². The molecule has 1 fully saturated rings. The lowest BCUT2D eigenvalue weighted by atomic mass is 10.1. The summed E-state index contributed by atoms with van der Waals surface area (Å²) in [7, 11) is 1.57. The van der Waals surface area contributed by atoms with Gasteiger partial charge in [0.1, 0.15) is 0 Å². The molecule has 0 bridgehead atoms. The van der Waals surface area contributed by atoms with Crippen LogP contribution in [0.1, 0.15) is 34.0 Å². The Morgan fingerprint density at radius 3 is 2.40 bits per heavy atom. The van der Waals surface area contributed by atoms with E-state index in [1.54, 1.807) is 32.2 Å². The van der Waals surface area contributed by atoms with Crippen LogP contribution in [0, 0.1) is 6.92 Å². The lowest BCUT2D eigenvalue weighted by molar-refractivity contribution is -0.137. The SMILES string of the molecule is CCN1CCN(Cc2cc(NC(=O)c3ccc(C)c(N(N)/C=C(N)/C(C=NC)=C/N)c3)cc(C(F)(F)F)c2)CC1. The van der Waals surface area contributed by atoms with Gasteiger partial charge in [-0.25, -0.2) is 5.84 Å². The molecule has 0 spiro atoms. The Kier molecular flexibility index (Phi) is 10.3. The third-order valence-corrected chi connectivity index (χ3v) is 6.71. The molecular weight excluding hydrogens is 521 g/mol. The van der Waals surface area contributed by atoms with Gasteiger partial charge in [0.2, 0.25) is 0 Å². The molecule has 0 saturated carbocycles. The van der Waals surface area contributed by atoms with Gasteiger partial charge in [-0.05, 0) is 54.9 Å². The average Bonchev–Trinajstić information content (AvgIpc) is 2.91. The number of hydrazine groups is 1. The van der Waals surface area contributed by atoms with Gasteiger partial charge in [0, 0.05) is 75.2 Å². The van der Waals surface area contributed by atoms with Crippen molar-refractivity contribution in [3.05, 3.63) is 82.3 Å². The second-order valence-electron chi connectivity index (χ2n) is 9.58. The average molecular weight is 559 g/mol. The maximum Gasteiger partial charge on any atom is 0.416 e. The molecule has 0 aliphatic carbocycles. The van der Waals surface area contributed by atoms with E-state index in [9.17, 15) is 18.0 Å². The Morgan fingerprint density at radius 1 is 1.12 bits per heavy atom. The lowest BCUT2D eigenvalue weighted by Gasteiger charge is -2.34. The largest absolute Gasteiger partial charge is 0.416 e. The fraction of sp³-hybridized carbons (Fsp3) is 0.357. The topological polar surface area (TPSA) is 129 Å². The number of alkyl halides is 3. The Morgan fingerprint density at radius 2 is 1.80 bits per heavy atom. The molecule has 9 nitrogen and oxygen atoms in total. The standard InChI is InChI=1S/C28H37F3N8O/c1-4-37-7-9-38(10-8-37)17-20-11-23(28(29,30)31)14-24(12-20)36-27(40)21-6-5-19(2)26(13-21)39(34)18-25(33)22(15-32)16-35-3/h5-6,11-16,18H,4,7-10,17,32-34H2,1-3H3,(H,36,40)/b22-15+,25-18-,35-16?. The van der Waals surface area contributed by atoms with Crippen molar-refractivity contribution in [2.45, 2.75) is 26.6 Å². The van der Waals surface area contributed by atoms with E-state index < -0.39 is 17.6 Å². The fourth-order valence-electron chi connectivity index (χ4n) is 4.42. The first-order chi connectivity index (χ1) is 18.9. The van der Waals surface area contributed by atoms with Gasteiger partial charge in [0.25, 0.3) is 5.91 Å². The number of nitrogens with two attached hydrogens (primary N) is 3. The van der Waals surface area contributed by atoms with Crippen molar-refractivity contribution in [1.82, 2.24) is 9.80 Å². The van der Waals surface area contributed by atoms with E-state index in [1.165, 1.54) is 29.7 Å². The van der Waals surface area contributed by atoms with Gasteiger partial charge in [-0.3, -0.25) is 19.7 Å². The Hall–Kier alpha value is -3.87. The number of halogens is 3. The number of aryl methyl sites for hydroxylation is 1. The molecule has 1 aliphatic heterocycles. The number of rotatable bonds is 9. The molecule has 0 radical (unpaired) electrons. The van der Waals surface area contributed by atoms with E-state index in [0.717, 1.165) is 50.4 Å². The summed E-state index contributed by atoms with van der Waals surface area (Å²) in [5, 5.41) is 3.87. The van der Waals surface area contributed by atoms with Gasteiger partial charge in [-0.1, -0.05) is 13.0 Å². The summed E-state index contributed by atoms with van der Waals surface area (Å²) in [4.78, 5) is 21.4. The summed E-state index contributed by atoms with van der Waals surface area (Å²) in [6.45, 7) is 8.45. The molecule has 12 heteroatoms. The van der Waals surface area contributed by atoms with Crippen molar-refractivity contribution in [1.29, 1.82) is 0 Å². The fourth-order valence-corrected chi connectivity index (χ4v) is 4.42. The molecule has 1 aliphatic rings. The predicted molar refractivity (Wildman–Crippen MR) is 154 cm³/mol. The molecule has 0 aromatic heterocycles. The highest BCUT2D eigenvalue weighted by Crippen LogP contribution is 2.33. The summed E-state index contributed by atoms with van der Waals surface area (Å²) < 4.78 is 41.2. The van der Waals surface area contributed by atoms with E-state index in [0.29, 0.717) is 23.4 Å². The van der Waals surface area contributed by atoms with Crippen LogP contribution in [-0.4, -0.2) is 61.7 Å². The highest BCUT2D eigenvalue weighted by Gasteiger charge is 2.31. The van der Waals surface area contributed by atoms with Crippen LogP contribution in [0.15, 0.2) is 65.1 Å². The molecule has 1 heterocycles. The van der Waals surface area contributed by atoms with E-state index in [4.69, 9.17) is 17.3 Å². The molecular formula is C28H37F3N8O. The van der Waals surface area contributed by atoms with E-state index in [2.05, 4.69) is 27.0 Å². The number of hydrogen-bond donors (Lipinski definition) is 4. The number of anilines is 2. The van der Waals surface area contributed by atoms with Crippen molar-refractivity contribution < 1.29 is 18.0 Å². The summed E-state index contributed by atoms with van der Waals surface area (Å²) in [5.74, 6) is 5.63. The van der Waals surface area contributed by atoms with Crippen LogP contribution in [0.4, 0.5) is 24.5 Å². The summed E-state index contributed by atoms with van der Waals surface area (Å²) in [5.41, 5.74) is 13.5. The second-order valence-corrected chi connectivity index (χ2v) is 9.58. The zero-order valence-corrected chi connectivity index (χ0v) is 23.0. The van der Waals surface area contributed by atoms with Gasteiger partial charge in [-0.15, -0.1) is 0 Å². The van der Waals surface area contributed by atoms with Gasteiger partial charge < -0.3 is 21.7 Å². The minimum Gasteiger partial charge on any atom is -0.404 e. The molecule has 1 amide bonds. The predicted octanol–water partition coefficient (Wildman–Crippen LogP) is 3.43. The van der Waals surface area contributed by atoms with Crippen molar-refractivity contribution in [3.8, 4) is 0 Å². The van der Waals surface area contributed by atoms with E-state index in [1.807, 2.05) is 0 Å². The molecule has 3 rings (SSSR count). The minimum atomic E-state index is -4.56. The smallest absolute Gasteiger partial charge is 0.404 e. The van der Waals surface area contributed by atoms with Crippen LogP contribution in [0.2, 0.25) is 0 Å². The van der Waals surface area contributed by atoms with Crippen LogP contribution >= 0.6 is 0 Å². The third kappa shape index (κ3) is 8.07. The number of benzene rings is 2. The number of nitrogens with zero attached hydrogens (tertiary/aromatic N) is 4. The number of carbonyl (C=O) groups excluding carboxylic acids is 1. The number of amides is 1. The molecule has 1 saturated heterocycles. The van der Waals surface area contributed by atoms with Crippen molar-refractivity contribution in [2.24, 2.45) is 22.3 Å². The molecule has 40 heavy (non-hydrogen) atoms. The van der Waals surface area contributed by atoms with Crippen molar-refractivity contribution in [2.75, 3.05) is 50.1 Å². The number of aliphatic imine (C=N–C) groups is 1. The number of piperazine rings is 1. The normalized spacial score (nSPS) is 16.0. The molecule has 2 aromatic rings. The minimum absolute atomic E-state index is 0.0643. The maximum absolute atomic E-state index is 13.7. The zero-order valence-electron chi connectivity index (χ0n) is 23.0. The van der Waals surface area contributed by atoms with Crippen LogP contribution in [0.25, 0.3) is 0 Å². The summed E-state index contributed by atoms with van der Waals surface area (Å²) >= 11 is 0. The van der Waals surface area contributed by atoms with E-state index >= 15 is 0 Å². The highest BCUT2D eigenvalue weighted by atomic mass is 19.4. The van der Waals surface area contributed by atoms with Gasteiger partial charge >= 0.3 is 6.18 Å². The lowest BCUT2D eigenvalue weighted by Crippen LogP contribution is -2.45. The number of carbonyl (C=O) groups is 1. The van der Waals surface area contributed by atoms with Crippen LogP contribution in [0.3, 0.4) is 0 Å². The van der Waals surface area contributed by atoms with Crippen molar-refractivity contribution in [3.63, 3.8) is 0 Å². The maximum atomic E-state index is 13.7. The molecule has 0 unspecified atom stereocenters. The van der Waals surface area contributed by atoms with Crippen LogP contribution < -0.4 is 27.6 Å². The Balaban J connectivity index is 1.84. The first-order valence-corrected chi connectivity index (χ1v) is 12.9. The third-order valence-electron chi connectivity index (χ3n) is 6.71. The van der Waals surface area contributed by atoms with Gasteiger partial charge in [0.15, 0.2) is 0 Å². The summed E-state index contributed by atoms with van der Waals surface area (Å²) in [6.07, 6.45) is -0.356. The second kappa shape index (κ2) is 13.5. The van der Waals surface area contributed by atoms with Gasteiger partial charge in [-0.2, -0.15) is 13.2 Å². The van der Waals surface area contributed by atoms with Crippen LogP contribution in [0.5, 0.6) is 0 Å². The van der Waals surface area contributed by atoms with Crippen LogP contribution in [-0.2, 0) is 12.7 Å². The number of hydrogen-bond acceptors (Lipinski definition) is 8. The Bertz CT molecular complexity index is 1280. The molecule has 2 aromatic carbocycles. The quantitative estimate of drug-likeness (QED) is 0.161. The van der Waals surface area contributed by atoms with Gasteiger partial charge in [0.05, 0.1) is 16.9 Å². The first-order valence-electron chi connectivity index (χ1n) is 12.9. The zero-order chi connectivity index (χ0) is 29.4. The van der Waals surface area contributed by atoms with E-state index in [-0.39, 0.29) is 16.9 Å². The molecule has 0 atom stereocenters. The molecule has 7 N–H and O–H groups in total. The monoisotopic (exact) mass is 558 g/mol. The first kappa shape index (κ1) is 30.7. The number of likely N-dealkylation sites (N-methyl/N-ethyl adjacent to an activating group) is 1. The summed E-state index contributed by atoms with van der Waals surface area (Å²) in [6, 6.07) is 8.47. The number of nitrogens with one attached hydrogen (secondary N) is 1. The molecule has 216 valence electrons. The highest BCUT2D eigenvalue weighted by molar-refractivity contribution is 6.05.